The van der Waals surface area contributed by atoms with Gasteiger partial charge in [-0.25, -0.2) is 4.79 Å². The van der Waals surface area contributed by atoms with E-state index in [0.29, 0.717) is 13.1 Å². The molecule has 9 nitrogen and oxygen atoms in total. The van der Waals surface area contributed by atoms with Crippen molar-refractivity contribution in [3.8, 4) is 0 Å². The molecular formula is C18H36N4O5. The fourth-order valence-electron chi connectivity index (χ4n) is 2.85. The summed E-state index contributed by atoms with van der Waals surface area (Å²) in [5.74, 6) is -0.394. The molecule has 2 fully saturated rings. The number of nitrogens with two attached hydrogens (primary N) is 1. The lowest BCUT2D eigenvalue weighted by atomic mass is 10.1. The van der Waals surface area contributed by atoms with Gasteiger partial charge in [-0.3, -0.25) is 4.79 Å². The molecule has 2 amide bonds. The van der Waals surface area contributed by atoms with E-state index in [2.05, 4.69) is 10.6 Å². The van der Waals surface area contributed by atoms with Gasteiger partial charge < -0.3 is 36.2 Å². The van der Waals surface area contributed by atoms with Crippen LogP contribution in [0.1, 0.15) is 46.5 Å². The zero-order valence-corrected chi connectivity index (χ0v) is 16.7. The van der Waals surface area contributed by atoms with Crippen molar-refractivity contribution in [3.63, 3.8) is 0 Å². The Balaban J connectivity index is 0.000000271. The van der Waals surface area contributed by atoms with Gasteiger partial charge in [0, 0.05) is 25.2 Å². The molecule has 0 bridgehead atoms. The normalized spacial score (nSPS) is 20.3. The van der Waals surface area contributed by atoms with Gasteiger partial charge in [0.05, 0.1) is 6.61 Å². The van der Waals surface area contributed by atoms with Crippen LogP contribution in [-0.4, -0.2) is 83.7 Å². The van der Waals surface area contributed by atoms with Crippen LogP contribution in [0.2, 0.25) is 0 Å². The molecule has 2 heterocycles. The predicted octanol–water partition coefficient (Wildman–Crippen LogP) is -0.448. The Morgan fingerprint density at radius 3 is 2.26 bits per heavy atom. The summed E-state index contributed by atoms with van der Waals surface area (Å²) in [5.41, 5.74) is 5.25. The summed E-state index contributed by atoms with van der Waals surface area (Å²) >= 11 is 0. The number of aliphatic hydroxyl groups is 2. The summed E-state index contributed by atoms with van der Waals surface area (Å²) in [6.07, 6.45) is 1.94. The van der Waals surface area contributed by atoms with Gasteiger partial charge in [-0.1, -0.05) is 0 Å². The van der Waals surface area contributed by atoms with E-state index in [9.17, 15) is 9.59 Å². The number of amides is 2. The molecule has 6 N–H and O–H groups in total. The van der Waals surface area contributed by atoms with Crippen molar-refractivity contribution in [2.75, 3.05) is 32.8 Å². The zero-order valence-electron chi connectivity index (χ0n) is 16.7. The minimum atomic E-state index is -1.27. The SMILES string of the molecule is CC(C)(C)OC(=O)NC1CCNCC1.NC1CCN(C(=O)[C@H](O)CO)CC1. The molecule has 0 aromatic carbocycles. The van der Waals surface area contributed by atoms with E-state index in [1.807, 2.05) is 20.8 Å². The third-order valence-electron chi connectivity index (χ3n) is 4.37. The van der Waals surface area contributed by atoms with Crippen LogP contribution in [0.3, 0.4) is 0 Å². The molecule has 2 rings (SSSR count). The molecular weight excluding hydrogens is 352 g/mol. The third-order valence-corrected chi connectivity index (χ3v) is 4.37. The first-order chi connectivity index (χ1) is 12.6. The van der Waals surface area contributed by atoms with Gasteiger partial charge in [0.25, 0.3) is 5.91 Å². The average molecular weight is 389 g/mol. The third kappa shape index (κ3) is 9.90. The lowest BCUT2D eigenvalue weighted by Crippen LogP contribution is -2.47. The van der Waals surface area contributed by atoms with Gasteiger partial charge in [-0.05, 0) is 59.5 Å². The highest BCUT2D eigenvalue weighted by molar-refractivity contribution is 5.80. The largest absolute Gasteiger partial charge is 0.444 e. The number of piperidine rings is 2. The predicted molar refractivity (Wildman–Crippen MR) is 102 cm³/mol. The Morgan fingerprint density at radius 1 is 1.22 bits per heavy atom. The number of aliphatic hydroxyl groups excluding tert-OH is 2. The van der Waals surface area contributed by atoms with E-state index in [1.54, 1.807) is 4.90 Å². The first-order valence-corrected chi connectivity index (χ1v) is 9.66. The smallest absolute Gasteiger partial charge is 0.407 e. The highest BCUT2D eigenvalue weighted by atomic mass is 16.6. The zero-order chi connectivity index (χ0) is 20.4. The Bertz CT molecular complexity index is 455. The number of carbonyl (C=O) groups excluding carboxylic acids is 2. The number of ether oxygens (including phenoxy) is 1. The molecule has 9 heteroatoms. The van der Waals surface area contributed by atoms with Crippen LogP contribution in [0.5, 0.6) is 0 Å². The molecule has 0 aliphatic carbocycles. The fourth-order valence-corrected chi connectivity index (χ4v) is 2.85. The topological polar surface area (TPSA) is 137 Å². The average Bonchev–Trinajstić information content (AvgIpc) is 2.61. The maximum Gasteiger partial charge on any atom is 0.407 e. The second kappa shape index (κ2) is 11.4. The molecule has 0 aromatic heterocycles. The number of alkyl carbamates (subject to hydrolysis) is 1. The van der Waals surface area contributed by atoms with Gasteiger partial charge in [0.15, 0.2) is 6.10 Å². The number of likely N-dealkylation sites (tertiary alicyclic amines) is 1. The number of nitrogens with one attached hydrogen (secondary N) is 2. The van der Waals surface area contributed by atoms with Crippen molar-refractivity contribution >= 4 is 12.0 Å². The number of nitrogens with zero attached hydrogens (tertiary/aromatic N) is 1. The van der Waals surface area contributed by atoms with Gasteiger partial charge in [-0.15, -0.1) is 0 Å². The lowest BCUT2D eigenvalue weighted by Gasteiger charge is -2.31. The molecule has 0 radical (unpaired) electrons. The van der Waals surface area contributed by atoms with E-state index < -0.39 is 24.2 Å². The first kappa shape index (κ1) is 23.6. The first-order valence-electron chi connectivity index (χ1n) is 9.66. The van der Waals surface area contributed by atoms with Crippen molar-refractivity contribution in [1.29, 1.82) is 0 Å². The van der Waals surface area contributed by atoms with Crippen LogP contribution >= 0.6 is 0 Å². The quantitative estimate of drug-likeness (QED) is 0.442. The summed E-state index contributed by atoms with van der Waals surface area (Å²) in [4.78, 5) is 24.2. The molecule has 158 valence electrons. The molecule has 0 aromatic rings. The number of rotatable bonds is 3. The molecule has 27 heavy (non-hydrogen) atoms. The van der Waals surface area contributed by atoms with Crippen LogP contribution in [0.4, 0.5) is 4.79 Å². The number of carbonyl (C=O) groups is 2. The van der Waals surface area contributed by atoms with Gasteiger partial charge >= 0.3 is 6.09 Å². The van der Waals surface area contributed by atoms with Gasteiger partial charge in [-0.2, -0.15) is 0 Å². The maximum atomic E-state index is 11.4. The van der Waals surface area contributed by atoms with Crippen molar-refractivity contribution in [1.82, 2.24) is 15.5 Å². The molecule has 2 aliphatic heterocycles. The Labute approximate surface area is 161 Å². The Kier molecular flexibility index (Phi) is 10.00. The van der Waals surface area contributed by atoms with Crippen LogP contribution in [0, 0.1) is 0 Å². The lowest BCUT2D eigenvalue weighted by molar-refractivity contribution is -0.143. The molecule has 2 saturated heterocycles. The van der Waals surface area contributed by atoms with Crippen molar-refractivity contribution in [2.24, 2.45) is 5.73 Å². The Morgan fingerprint density at radius 2 is 1.78 bits per heavy atom. The molecule has 0 spiro atoms. The van der Waals surface area contributed by atoms with Crippen molar-refractivity contribution in [3.05, 3.63) is 0 Å². The van der Waals surface area contributed by atoms with Crippen LogP contribution in [0.15, 0.2) is 0 Å². The summed E-state index contributed by atoms with van der Waals surface area (Å²) < 4.78 is 5.17. The molecule has 0 unspecified atom stereocenters. The second-order valence-electron chi connectivity index (χ2n) is 8.03. The van der Waals surface area contributed by atoms with Crippen molar-refractivity contribution < 1.29 is 24.5 Å². The highest BCUT2D eigenvalue weighted by Gasteiger charge is 2.25. The molecule has 2 aliphatic rings. The highest BCUT2D eigenvalue weighted by Crippen LogP contribution is 2.10. The van der Waals surface area contributed by atoms with Crippen LogP contribution < -0.4 is 16.4 Å². The van der Waals surface area contributed by atoms with E-state index in [4.69, 9.17) is 20.7 Å². The van der Waals surface area contributed by atoms with Crippen molar-refractivity contribution in [2.45, 2.75) is 70.2 Å². The Hall–Kier alpha value is -1.42. The summed E-state index contributed by atoms with van der Waals surface area (Å²) in [6.45, 7) is 8.20. The standard InChI is InChI=1S/C10H20N2O2.C8H16N2O3/c1-10(2,3)14-9(13)12-8-4-6-11-7-5-8;9-6-1-3-10(4-2-6)8(13)7(12)5-11/h8,11H,4-7H2,1-3H3,(H,12,13);6-7,11-12H,1-5,9H2/t;7-/m.1/s1. The summed E-state index contributed by atoms with van der Waals surface area (Å²) in [6, 6.07) is 0.432. The minimum absolute atomic E-state index is 0.162. The van der Waals surface area contributed by atoms with Gasteiger partial charge in [0.1, 0.15) is 5.60 Å². The summed E-state index contributed by atoms with van der Waals surface area (Å²) in [7, 11) is 0. The minimum Gasteiger partial charge on any atom is -0.444 e. The van der Waals surface area contributed by atoms with Crippen LogP contribution in [0.25, 0.3) is 0 Å². The fraction of sp³-hybridized carbons (Fsp3) is 0.889. The van der Waals surface area contributed by atoms with E-state index >= 15 is 0 Å². The number of hydrogen-bond acceptors (Lipinski definition) is 7. The van der Waals surface area contributed by atoms with Gasteiger partial charge in [0.2, 0.25) is 0 Å². The monoisotopic (exact) mass is 388 g/mol. The maximum absolute atomic E-state index is 11.4. The summed E-state index contributed by atoms with van der Waals surface area (Å²) in [5, 5.41) is 23.8. The van der Waals surface area contributed by atoms with Crippen LogP contribution in [-0.2, 0) is 9.53 Å². The molecule has 0 saturated carbocycles. The number of hydrogen-bond donors (Lipinski definition) is 5. The second-order valence-corrected chi connectivity index (χ2v) is 8.03. The van der Waals surface area contributed by atoms with E-state index in [1.165, 1.54) is 0 Å². The molecule has 1 atom stereocenters. The van der Waals surface area contributed by atoms with E-state index in [-0.39, 0.29) is 18.2 Å². The van der Waals surface area contributed by atoms with E-state index in [0.717, 1.165) is 38.8 Å².